The third-order valence-electron chi connectivity index (χ3n) is 20.2. The minimum Gasteiger partial charge on any atom is -0.491 e. The predicted octanol–water partition coefficient (Wildman–Crippen LogP) is 6.71. The maximum Gasteiger partial charge on any atom is 0.297 e. The van der Waals surface area contributed by atoms with Crippen molar-refractivity contribution in [2.45, 2.75) is 116 Å². The van der Waals surface area contributed by atoms with Crippen molar-refractivity contribution in [2.24, 2.45) is 4.99 Å². The van der Waals surface area contributed by atoms with Gasteiger partial charge in [-0.05, 0) is 139 Å². The Kier molecular flexibility index (Phi) is 29.3. The number of piperazine rings is 2. The first kappa shape index (κ1) is 86.8. The number of rotatable bonds is 32. The second kappa shape index (κ2) is 40.3. The van der Waals surface area contributed by atoms with Crippen LogP contribution in [0.2, 0.25) is 0 Å². The van der Waals surface area contributed by atoms with E-state index in [1.807, 2.05) is 71.0 Å². The topological polar surface area (TPSA) is 399 Å². The van der Waals surface area contributed by atoms with E-state index in [9.17, 15) is 46.8 Å². The predicted molar refractivity (Wildman–Crippen MR) is 436 cm³/mol. The number of hydrogen-bond donors (Lipinski definition) is 4. The maximum atomic E-state index is 13.0. The summed E-state index contributed by atoms with van der Waals surface area (Å²) in [5.74, 6) is -0.223. The lowest BCUT2D eigenvalue weighted by Gasteiger charge is -2.40. The maximum absolute atomic E-state index is 13.0. The van der Waals surface area contributed by atoms with Crippen molar-refractivity contribution >= 4 is 85.6 Å². The van der Waals surface area contributed by atoms with Crippen molar-refractivity contribution in [3.05, 3.63) is 166 Å². The minimum absolute atomic E-state index is 0. The molecule has 10 heterocycles. The quantitative estimate of drug-likeness (QED) is 0.0193. The number of carbonyl (C=O) groups excluding carboxylic acids is 8. The van der Waals surface area contributed by atoms with E-state index >= 15 is 0 Å². The van der Waals surface area contributed by atoms with E-state index in [0.29, 0.717) is 50.5 Å². The highest BCUT2D eigenvalue weighted by molar-refractivity contribution is 7.86. The van der Waals surface area contributed by atoms with Gasteiger partial charge in [0.1, 0.15) is 78.3 Å². The van der Waals surface area contributed by atoms with Crippen molar-refractivity contribution < 1.29 is 88.9 Å². The number of H-pyrrole nitrogens is 1. The summed E-state index contributed by atoms with van der Waals surface area (Å²) >= 11 is 0. The fourth-order valence-corrected chi connectivity index (χ4v) is 15.2. The Labute approximate surface area is 689 Å². The monoisotopic (exact) mass is 1650 g/mol. The number of amides is 8. The summed E-state index contributed by atoms with van der Waals surface area (Å²) in [4.78, 5) is 131. The summed E-state index contributed by atoms with van der Waals surface area (Å²) in [5.41, 5.74) is 8.14. The van der Waals surface area contributed by atoms with Gasteiger partial charge in [0.25, 0.3) is 33.7 Å². The normalized spacial score (nSPS) is 17.9. The molecule has 0 spiro atoms. The SMILES string of the molecule is C.CC(C)Oc1ccc2[nH]nc(-c3cc(N4CCNCC4)ncn3)c2c1.CC(C)Oc1ccc2c(c1)C(c1cc(N3CCN(CCOCCOCCOc4ccc5c(c4)C(=O)N(C4CCC(=O)NC4=O)C5=O)[C@@H](C)C3)ncn1)=NC2.Cc1ccc(S(=O)(=O)OCCOCCOCCOc2ccc3c(c2)C(=O)N(C2CCC(=O)NC2=O)C3=O)cc1. The molecule has 4 saturated heterocycles. The van der Waals surface area contributed by atoms with Gasteiger partial charge >= 0.3 is 0 Å². The average molecular weight is 1650 g/mol. The molecule has 8 aromatic rings. The molecule has 0 bridgehead atoms. The fourth-order valence-electron chi connectivity index (χ4n) is 14.3. The summed E-state index contributed by atoms with van der Waals surface area (Å²) in [7, 11) is -3.83. The Balaban J connectivity index is 0.000000175. The van der Waals surface area contributed by atoms with E-state index in [1.165, 1.54) is 42.0 Å². The van der Waals surface area contributed by atoms with Crippen LogP contribution >= 0.6 is 0 Å². The number of aryl methyl sites for hydroxylation is 1. The number of aromatic amines is 1. The van der Waals surface area contributed by atoms with Crippen LogP contribution in [0.5, 0.6) is 23.0 Å². The van der Waals surface area contributed by atoms with Gasteiger partial charge in [-0.15, -0.1) is 0 Å². The second-order valence-corrected chi connectivity index (χ2v) is 30.8. The molecule has 4 N–H and O–H groups in total. The Bertz CT molecular complexity index is 5160. The first-order chi connectivity index (χ1) is 57.0. The van der Waals surface area contributed by atoms with Gasteiger partial charge in [0, 0.05) is 94.3 Å². The Morgan fingerprint density at radius 3 is 1.59 bits per heavy atom. The lowest BCUT2D eigenvalue weighted by Crippen LogP contribution is -2.54. The number of piperidine rings is 2. The first-order valence-electron chi connectivity index (χ1n) is 39.4. The molecule has 119 heavy (non-hydrogen) atoms. The molecule has 34 nitrogen and oxygen atoms in total. The lowest BCUT2D eigenvalue weighted by atomic mass is 10.0. The standard InChI is InChI=1S/C39H45N7O8.C26H28N2O10S.C18H22N6O.CH4/c1-24(2)54-28-5-4-26-21-40-36(30(26)19-28)32-20-34(42-23-41-32)45-11-10-44(25(3)22-45)12-13-51-14-15-52-16-17-53-27-6-7-29-31(18-27)39(50)46(38(29)49)33-8-9-35(47)43-37(33)48;1-17-2-5-19(6-3-17)39(33,34)38-15-13-36-11-10-35-12-14-37-18-4-7-20-21(16-18)26(32)28(25(20)31)22-8-9-23(29)27-24(22)30;1-12(2)25-13-3-4-15-14(9-13)18(23-22-15)16-10-17(21-11-20-16)24-7-5-19-6-8-24;/h4-7,18-20,23-25,33H,8-17,21-22H2,1-3H3,(H,43,47,48);2-7,16,22H,8-15H2,1H3,(H,27,29,30);3-4,9-12,19H,5-8H2,1-2H3,(H,22,23);1H4/t25-,33?;;;/m0.../s1. The molecule has 2 unspecified atom stereocenters. The number of ether oxygens (including phenoxy) is 8. The van der Waals surface area contributed by atoms with Gasteiger partial charge in [0.2, 0.25) is 23.6 Å². The van der Waals surface area contributed by atoms with Crippen LogP contribution in [-0.2, 0) is 59.0 Å². The number of carbonyl (C=O) groups is 8. The van der Waals surface area contributed by atoms with Crippen molar-refractivity contribution in [3.8, 4) is 34.4 Å². The fraction of sp³-hybridized carbons (Fsp3) is 0.429. The smallest absolute Gasteiger partial charge is 0.297 e. The van der Waals surface area contributed by atoms with Crippen LogP contribution in [0.1, 0.15) is 132 Å². The average Bonchev–Trinajstić information content (AvgIpc) is 1.62. The molecule has 630 valence electrons. The highest BCUT2D eigenvalue weighted by atomic mass is 32.2. The largest absolute Gasteiger partial charge is 0.491 e. The first-order valence-corrected chi connectivity index (χ1v) is 40.8. The molecule has 3 aromatic heterocycles. The molecular weight excluding hydrogens is 1560 g/mol. The Morgan fingerprint density at radius 1 is 0.513 bits per heavy atom. The van der Waals surface area contributed by atoms with Gasteiger partial charge in [-0.1, -0.05) is 31.2 Å². The van der Waals surface area contributed by atoms with Crippen LogP contribution < -0.4 is 44.7 Å². The highest BCUT2D eigenvalue weighted by Gasteiger charge is 2.47. The molecule has 5 aromatic carbocycles. The molecule has 7 aliphatic rings. The van der Waals surface area contributed by atoms with Crippen LogP contribution in [0.3, 0.4) is 0 Å². The highest BCUT2D eigenvalue weighted by Crippen LogP contribution is 2.35. The second-order valence-electron chi connectivity index (χ2n) is 29.2. The molecule has 0 aliphatic carbocycles. The summed E-state index contributed by atoms with van der Waals surface area (Å²) in [6.07, 6.45) is 3.76. The molecule has 35 heteroatoms. The molecule has 7 aliphatic heterocycles. The van der Waals surface area contributed by atoms with E-state index in [-0.39, 0.29) is 119 Å². The van der Waals surface area contributed by atoms with E-state index in [1.54, 1.807) is 36.9 Å². The van der Waals surface area contributed by atoms with E-state index in [0.717, 1.165) is 130 Å². The zero-order chi connectivity index (χ0) is 83.0. The van der Waals surface area contributed by atoms with Gasteiger partial charge in [0.15, 0.2) is 0 Å². The van der Waals surface area contributed by atoms with Crippen molar-refractivity contribution in [2.75, 3.05) is 135 Å². The van der Waals surface area contributed by atoms with Crippen LogP contribution in [0.25, 0.3) is 22.3 Å². The van der Waals surface area contributed by atoms with Gasteiger partial charge in [0.05, 0.1) is 128 Å². The zero-order valence-corrected chi connectivity index (χ0v) is 67.3. The number of imide groups is 4. The Morgan fingerprint density at radius 2 is 1.02 bits per heavy atom. The number of aromatic nitrogens is 6. The van der Waals surface area contributed by atoms with Crippen LogP contribution in [0, 0.1) is 6.92 Å². The minimum atomic E-state index is -3.83. The lowest BCUT2D eigenvalue weighted by molar-refractivity contribution is -0.137. The summed E-state index contributed by atoms with van der Waals surface area (Å²) in [6, 6.07) is 29.8. The van der Waals surface area contributed by atoms with Crippen molar-refractivity contribution in [3.63, 3.8) is 0 Å². The number of hydrogen-bond acceptors (Lipinski definition) is 29. The summed E-state index contributed by atoms with van der Waals surface area (Å²) in [5, 5.41) is 16.3. The third-order valence-corrected chi connectivity index (χ3v) is 21.5. The third kappa shape index (κ3) is 21.7. The van der Waals surface area contributed by atoms with Crippen LogP contribution in [-0.4, -0.2) is 262 Å². The number of benzene rings is 5. The number of nitrogens with zero attached hydrogens (tertiary/aromatic N) is 11. The Hall–Kier alpha value is -11.6. The molecule has 0 radical (unpaired) electrons. The van der Waals surface area contributed by atoms with Crippen LogP contribution in [0.4, 0.5) is 11.6 Å². The molecule has 0 saturated carbocycles. The molecule has 3 atom stereocenters. The number of nitrogens with one attached hydrogen (secondary N) is 4. The van der Waals surface area contributed by atoms with Crippen molar-refractivity contribution in [1.29, 1.82) is 0 Å². The summed E-state index contributed by atoms with van der Waals surface area (Å²) in [6.45, 7) is 22.8. The van der Waals surface area contributed by atoms with Gasteiger partial charge < -0.3 is 53.0 Å². The van der Waals surface area contributed by atoms with Gasteiger partial charge in [-0.2, -0.15) is 13.5 Å². The zero-order valence-electron chi connectivity index (χ0n) is 66.5. The van der Waals surface area contributed by atoms with Gasteiger partial charge in [-0.25, -0.2) is 19.9 Å². The van der Waals surface area contributed by atoms with Crippen molar-refractivity contribution in [1.82, 2.24) is 60.8 Å². The molecular formula is C84H99N15O19S. The van der Waals surface area contributed by atoms with E-state index in [4.69, 9.17) is 47.1 Å². The molecule has 8 amide bonds. The van der Waals surface area contributed by atoms with Crippen LogP contribution in [0.15, 0.2) is 132 Å². The molecule has 4 fully saturated rings. The van der Waals surface area contributed by atoms with Gasteiger partial charge in [-0.3, -0.25) is 78.0 Å². The number of fused-ring (bicyclic) bond motifs is 4. The number of anilines is 2. The molecule has 15 rings (SSSR count). The summed E-state index contributed by atoms with van der Waals surface area (Å²) < 4.78 is 74.5. The van der Waals surface area contributed by atoms with E-state index in [2.05, 4.69) is 79.8 Å². The number of aliphatic imine (C=N–C) groups is 1. The van der Waals surface area contributed by atoms with E-state index < -0.39 is 69.5 Å².